The quantitative estimate of drug-likeness (QED) is 0.734. The molecule has 1 atom stereocenters. The van der Waals surface area contributed by atoms with Crippen molar-refractivity contribution in [1.29, 1.82) is 0 Å². The fourth-order valence-corrected chi connectivity index (χ4v) is 2.12. The van der Waals surface area contributed by atoms with Crippen LogP contribution in [0, 0.1) is 5.92 Å². The number of benzene rings is 1. The van der Waals surface area contributed by atoms with Gasteiger partial charge in [-0.05, 0) is 24.5 Å². The lowest BCUT2D eigenvalue weighted by atomic mass is 9.99. The van der Waals surface area contributed by atoms with Gasteiger partial charge >= 0.3 is 0 Å². The molecule has 0 aliphatic rings. The van der Waals surface area contributed by atoms with Crippen LogP contribution in [0.15, 0.2) is 30.3 Å². The van der Waals surface area contributed by atoms with Crippen molar-refractivity contribution in [2.75, 3.05) is 13.1 Å². The number of rotatable bonds is 9. The summed E-state index contributed by atoms with van der Waals surface area (Å²) in [7, 11) is 0. The van der Waals surface area contributed by atoms with E-state index in [9.17, 15) is 9.59 Å². The molecule has 0 heterocycles. The lowest BCUT2D eigenvalue weighted by Gasteiger charge is -2.15. The zero-order chi connectivity index (χ0) is 15.5. The van der Waals surface area contributed by atoms with Crippen LogP contribution in [0.1, 0.15) is 49.9 Å². The SMILES string of the molecule is CCCCC(CC)CNC(=O)CNC(=O)c1ccccc1. The van der Waals surface area contributed by atoms with E-state index in [4.69, 9.17) is 0 Å². The van der Waals surface area contributed by atoms with E-state index < -0.39 is 0 Å². The van der Waals surface area contributed by atoms with E-state index in [1.807, 2.05) is 6.07 Å². The molecule has 2 N–H and O–H groups in total. The van der Waals surface area contributed by atoms with Gasteiger partial charge < -0.3 is 10.6 Å². The average Bonchev–Trinajstić information content (AvgIpc) is 2.53. The van der Waals surface area contributed by atoms with Crippen LogP contribution in [0.25, 0.3) is 0 Å². The summed E-state index contributed by atoms with van der Waals surface area (Å²) in [6.07, 6.45) is 4.58. The first-order chi connectivity index (χ1) is 10.2. The summed E-state index contributed by atoms with van der Waals surface area (Å²) in [5.41, 5.74) is 0.569. The molecule has 0 radical (unpaired) electrons. The Balaban J connectivity index is 2.26. The van der Waals surface area contributed by atoms with Gasteiger partial charge in [-0.3, -0.25) is 9.59 Å². The second-order valence-electron chi connectivity index (χ2n) is 5.27. The molecule has 0 aliphatic heterocycles. The first-order valence-electron chi connectivity index (χ1n) is 7.77. The Morgan fingerprint density at radius 2 is 1.81 bits per heavy atom. The highest BCUT2D eigenvalue weighted by molar-refractivity contribution is 5.96. The predicted molar refractivity (Wildman–Crippen MR) is 85.1 cm³/mol. The van der Waals surface area contributed by atoms with Crippen molar-refractivity contribution >= 4 is 11.8 Å². The molecule has 0 aliphatic carbocycles. The van der Waals surface area contributed by atoms with Gasteiger partial charge in [-0.1, -0.05) is 51.3 Å². The molecule has 4 heteroatoms. The third-order valence-corrected chi connectivity index (χ3v) is 3.58. The number of carbonyl (C=O) groups is 2. The van der Waals surface area contributed by atoms with Crippen LogP contribution in [-0.4, -0.2) is 24.9 Å². The molecule has 1 aromatic rings. The van der Waals surface area contributed by atoms with Gasteiger partial charge in [0.05, 0.1) is 6.54 Å². The molecule has 21 heavy (non-hydrogen) atoms. The van der Waals surface area contributed by atoms with E-state index >= 15 is 0 Å². The van der Waals surface area contributed by atoms with Crippen LogP contribution in [0.3, 0.4) is 0 Å². The minimum absolute atomic E-state index is 0.0257. The van der Waals surface area contributed by atoms with Crippen LogP contribution in [0.2, 0.25) is 0 Å². The van der Waals surface area contributed by atoms with E-state index in [1.165, 1.54) is 12.8 Å². The maximum atomic E-state index is 11.8. The van der Waals surface area contributed by atoms with Crippen LogP contribution in [0.5, 0.6) is 0 Å². The largest absolute Gasteiger partial charge is 0.354 e. The number of carbonyl (C=O) groups excluding carboxylic acids is 2. The summed E-state index contributed by atoms with van der Waals surface area (Å²) in [5, 5.41) is 5.53. The van der Waals surface area contributed by atoms with Crippen molar-refractivity contribution in [2.45, 2.75) is 39.5 Å². The molecule has 4 nitrogen and oxygen atoms in total. The zero-order valence-corrected chi connectivity index (χ0v) is 13.0. The summed E-state index contributed by atoms with van der Waals surface area (Å²) < 4.78 is 0. The smallest absolute Gasteiger partial charge is 0.251 e. The molecule has 0 saturated heterocycles. The van der Waals surface area contributed by atoms with Crippen LogP contribution >= 0.6 is 0 Å². The highest BCUT2D eigenvalue weighted by Gasteiger charge is 2.10. The highest BCUT2D eigenvalue weighted by atomic mass is 16.2. The summed E-state index contributed by atoms with van der Waals surface area (Å²) in [4.78, 5) is 23.5. The summed E-state index contributed by atoms with van der Waals surface area (Å²) in [6.45, 7) is 5.03. The van der Waals surface area contributed by atoms with Gasteiger partial charge in [0.2, 0.25) is 5.91 Å². The number of amides is 2. The minimum Gasteiger partial charge on any atom is -0.354 e. The van der Waals surface area contributed by atoms with Crippen molar-refractivity contribution in [1.82, 2.24) is 10.6 Å². The van der Waals surface area contributed by atoms with Crippen molar-refractivity contribution in [3.8, 4) is 0 Å². The normalized spacial score (nSPS) is 11.7. The number of hydrogen-bond acceptors (Lipinski definition) is 2. The molecule has 0 aromatic heterocycles. The predicted octanol–water partition coefficient (Wildman–Crippen LogP) is 2.75. The molecule has 2 amide bonds. The molecule has 1 unspecified atom stereocenters. The lowest BCUT2D eigenvalue weighted by Crippen LogP contribution is -2.38. The van der Waals surface area contributed by atoms with Gasteiger partial charge in [0.25, 0.3) is 5.91 Å². The molecular weight excluding hydrogens is 264 g/mol. The fraction of sp³-hybridized carbons (Fsp3) is 0.529. The summed E-state index contributed by atoms with van der Waals surface area (Å²) in [6, 6.07) is 8.91. The summed E-state index contributed by atoms with van der Waals surface area (Å²) >= 11 is 0. The zero-order valence-electron chi connectivity index (χ0n) is 13.0. The Hall–Kier alpha value is -1.84. The molecule has 0 spiro atoms. The molecule has 1 rings (SSSR count). The Bertz CT molecular complexity index is 432. The monoisotopic (exact) mass is 290 g/mol. The molecule has 0 bridgehead atoms. The summed E-state index contributed by atoms with van der Waals surface area (Å²) in [5.74, 6) is 0.178. The Morgan fingerprint density at radius 3 is 2.43 bits per heavy atom. The molecular formula is C17H26N2O2. The maximum Gasteiger partial charge on any atom is 0.251 e. The van der Waals surface area contributed by atoms with E-state index in [-0.39, 0.29) is 18.4 Å². The third kappa shape index (κ3) is 6.93. The first kappa shape index (κ1) is 17.2. The first-order valence-corrected chi connectivity index (χ1v) is 7.77. The Kier molecular flexibility index (Phi) is 8.17. The number of hydrogen-bond donors (Lipinski definition) is 2. The fourth-order valence-electron chi connectivity index (χ4n) is 2.12. The van der Waals surface area contributed by atoms with Gasteiger partial charge in [0.15, 0.2) is 0 Å². The van der Waals surface area contributed by atoms with Gasteiger partial charge in [0.1, 0.15) is 0 Å². The molecule has 116 valence electrons. The highest BCUT2D eigenvalue weighted by Crippen LogP contribution is 2.10. The standard InChI is InChI=1S/C17H26N2O2/c1-3-5-9-14(4-2)12-18-16(20)13-19-17(21)15-10-7-6-8-11-15/h6-8,10-11,14H,3-5,9,12-13H2,1-2H3,(H,18,20)(H,19,21). The van der Waals surface area contributed by atoms with Gasteiger partial charge in [-0.25, -0.2) is 0 Å². The molecule has 0 fully saturated rings. The number of unbranched alkanes of at least 4 members (excludes halogenated alkanes) is 1. The molecule has 1 aromatic carbocycles. The van der Waals surface area contributed by atoms with Crippen molar-refractivity contribution in [3.63, 3.8) is 0 Å². The van der Waals surface area contributed by atoms with Crippen molar-refractivity contribution in [2.24, 2.45) is 5.92 Å². The average molecular weight is 290 g/mol. The Labute approximate surface area is 127 Å². The second kappa shape index (κ2) is 9.97. The van der Waals surface area contributed by atoms with Gasteiger partial charge in [-0.15, -0.1) is 0 Å². The van der Waals surface area contributed by atoms with E-state index in [1.54, 1.807) is 24.3 Å². The van der Waals surface area contributed by atoms with Crippen molar-refractivity contribution < 1.29 is 9.59 Å². The molecule has 0 saturated carbocycles. The van der Waals surface area contributed by atoms with E-state index in [0.29, 0.717) is 18.0 Å². The van der Waals surface area contributed by atoms with Crippen LogP contribution in [-0.2, 0) is 4.79 Å². The topological polar surface area (TPSA) is 58.2 Å². The van der Waals surface area contributed by atoms with E-state index in [0.717, 1.165) is 12.8 Å². The second-order valence-corrected chi connectivity index (χ2v) is 5.27. The van der Waals surface area contributed by atoms with Gasteiger partial charge in [0, 0.05) is 12.1 Å². The van der Waals surface area contributed by atoms with Crippen LogP contribution in [0.4, 0.5) is 0 Å². The van der Waals surface area contributed by atoms with Gasteiger partial charge in [-0.2, -0.15) is 0 Å². The van der Waals surface area contributed by atoms with Crippen molar-refractivity contribution in [3.05, 3.63) is 35.9 Å². The lowest BCUT2D eigenvalue weighted by molar-refractivity contribution is -0.120. The number of nitrogens with one attached hydrogen (secondary N) is 2. The minimum atomic E-state index is -0.219. The van der Waals surface area contributed by atoms with E-state index in [2.05, 4.69) is 24.5 Å². The van der Waals surface area contributed by atoms with Crippen LogP contribution < -0.4 is 10.6 Å². The maximum absolute atomic E-state index is 11.8. The Morgan fingerprint density at radius 1 is 1.10 bits per heavy atom. The third-order valence-electron chi connectivity index (χ3n) is 3.58.